The fourth-order valence-corrected chi connectivity index (χ4v) is 2.11. The minimum Gasteiger partial charge on any atom is -0.392 e. The topological polar surface area (TPSA) is 61.4 Å². The molecule has 1 rings (SSSR count). The van der Waals surface area contributed by atoms with Crippen molar-refractivity contribution >= 4 is 5.91 Å². The van der Waals surface area contributed by atoms with E-state index in [1.165, 1.54) is 6.42 Å². The average Bonchev–Trinajstić information content (AvgIpc) is 2.19. The Morgan fingerprint density at radius 3 is 2.69 bits per heavy atom. The van der Waals surface area contributed by atoms with E-state index in [1.807, 2.05) is 13.8 Å². The van der Waals surface area contributed by atoms with Crippen LogP contribution in [-0.2, 0) is 4.79 Å². The molecule has 0 bridgehead atoms. The number of rotatable bonds is 5. The number of aliphatic hydroxyl groups is 1. The van der Waals surface area contributed by atoms with Gasteiger partial charge >= 0.3 is 0 Å². The van der Waals surface area contributed by atoms with Crippen LogP contribution in [0.2, 0.25) is 0 Å². The largest absolute Gasteiger partial charge is 0.392 e. The van der Waals surface area contributed by atoms with Crippen LogP contribution in [0.1, 0.15) is 46.0 Å². The van der Waals surface area contributed by atoms with E-state index in [1.54, 1.807) is 0 Å². The molecule has 1 saturated carbocycles. The number of aliphatic hydroxyl groups excluding tert-OH is 1. The lowest BCUT2D eigenvalue weighted by molar-refractivity contribution is -0.121. The summed E-state index contributed by atoms with van der Waals surface area (Å²) in [4.78, 5) is 11.4. The van der Waals surface area contributed by atoms with Gasteiger partial charge in [-0.25, -0.2) is 0 Å². The van der Waals surface area contributed by atoms with Gasteiger partial charge in [0, 0.05) is 25.0 Å². The van der Waals surface area contributed by atoms with E-state index in [0.29, 0.717) is 13.0 Å². The predicted octanol–water partition coefficient (Wildman–Crippen LogP) is 0.794. The van der Waals surface area contributed by atoms with Crippen molar-refractivity contribution in [2.45, 2.75) is 64.1 Å². The molecule has 94 valence electrons. The monoisotopic (exact) mass is 228 g/mol. The molecule has 0 aromatic rings. The molecule has 0 unspecified atom stereocenters. The lowest BCUT2D eigenvalue weighted by atomic mass is 9.92. The molecular formula is C12H24N2O2. The van der Waals surface area contributed by atoms with Gasteiger partial charge in [0.05, 0.1) is 6.10 Å². The van der Waals surface area contributed by atoms with Crippen LogP contribution >= 0.6 is 0 Å². The van der Waals surface area contributed by atoms with Crippen molar-refractivity contribution in [3.63, 3.8) is 0 Å². The molecule has 1 aliphatic rings. The van der Waals surface area contributed by atoms with Crippen LogP contribution in [0, 0.1) is 0 Å². The summed E-state index contributed by atoms with van der Waals surface area (Å²) in [6.07, 6.45) is 4.45. The van der Waals surface area contributed by atoms with Gasteiger partial charge in [-0.15, -0.1) is 0 Å². The standard InChI is InChI=1S/C12H24N2O2/c1-9(2)14-12(16)7-8-13-10-5-3-4-6-11(10)15/h9-11,13,15H,3-8H2,1-2H3,(H,14,16)/t10-,11-/m1/s1. The van der Waals surface area contributed by atoms with Gasteiger partial charge in [0.2, 0.25) is 5.91 Å². The zero-order chi connectivity index (χ0) is 12.0. The second-order valence-electron chi connectivity index (χ2n) is 4.88. The molecular weight excluding hydrogens is 204 g/mol. The van der Waals surface area contributed by atoms with Crippen LogP contribution < -0.4 is 10.6 Å². The van der Waals surface area contributed by atoms with E-state index in [0.717, 1.165) is 19.3 Å². The lowest BCUT2D eigenvalue weighted by Gasteiger charge is -2.28. The average molecular weight is 228 g/mol. The SMILES string of the molecule is CC(C)NC(=O)CCN[C@@H]1CCCC[C@H]1O. The van der Waals surface area contributed by atoms with E-state index < -0.39 is 0 Å². The smallest absolute Gasteiger partial charge is 0.221 e. The summed E-state index contributed by atoms with van der Waals surface area (Å²) in [5, 5.41) is 15.8. The number of hydrogen-bond donors (Lipinski definition) is 3. The van der Waals surface area contributed by atoms with Crippen molar-refractivity contribution in [3.8, 4) is 0 Å². The first-order chi connectivity index (χ1) is 7.59. The number of amides is 1. The fraction of sp³-hybridized carbons (Fsp3) is 0.917. The maximum Gasteiger partial charge on any atom is 0.221 e. The Morgan fingerprint density at radius 2 is 2.06 bits per heavy atom. The first-order valence-corrected chi connectivity index (χ1v) is 6.30. The first-order valence-electron chi connectivity index (χ1n) is 6.30. The maximum absolute atomic E-state index is 11.4. The molecule has 0 aromatic carbocycles. The van der Waals surface area contributed by atoms with Crippen molar-refractivity contribution in [3.05, 3.63) is 0 Å². The Kier molecular flexibility index (Phi) is 5.77. The Hall–Kier alpha value is -0.610. The second kappa shape index (κ2) is 6.86. The van der Waals surface area contributed by atoms with Crippen molar-refractivity contribution in [1.29, 1.82) is 0 Å². The molecule has 0 heterocycles. The summed E-state index contributed by atoms with van der Waals surface area (Å²) in [6, 6.07) is 0.383. The molecule has 2 atom stereocenters. The molecule has 4 heteroatoms. The molecule has 1 fully saturated rings. The number of carbonyl (C=O) groups excluding carboxylic acids is 1. The summed E-state index contributed by atoms with van der Waals surface area (Å²) < 4.78 is 0. The number of hydrogen-bond acceptors (Lipinski definition) is 3. The zero-order valence-electron chi connectivity index (χ0n) is 10.3. The molecule has 0 aromatic heterocycles. The van der Waals surface area contributed by atoms with E-state index in [2.05, 4.69) is 10.6 Å². The number of carbonyl (C=O) groups is 1. The van der Waals surface area contributed by atoms with Crippen LogP contribution in [0.4, 0.5) is 0 Å². The van der Waals surface area contributed by atoms with Crippen molar-refractivity contribution in [2.75, 3.05) is 6.54 Å². The van der Waals surface area contributed by atoms with Crippen LogP contribution in [0.3, 0.4) is 0 Å². The first kappa shape index (κ1) is 13.5. The highest BCUT2D eigenvalue weighted by Gasteiger charge is 2.22. The van der Waals surface area contributed by atoms with Gasteiger partial charge in [0.1, 0.15) is 0 Å². The third-order valence-electron chi connectivity index (χ3n) is 2.94. The molecule has 0 saturated heterocycles. The highest BCUT2D eigenvalue weighted by molar-refractivity contribution is 5.76. The van der Waals surface area contributed by atoms with Crippen molar-refractivity contribution in [1.82, 2.24) is 10.6 Å². The van der Waals surface area contributed by atoms with Crippen LogP contribution in [0.15, 0.2) is 0 Å². The summed E-state index contributed by atoms with van der Waals surface area (Å²) >= 11 is 0. The van der Waals surface area contributed by atoms with Crippen molar-refractivity contribution in [2.24, 2.45) is 0 Å². The van der Waals surface area contributed by atoms with Gasteiger partial charge < -0.3 is 15.7 Å². The Morgan fingerprint density at radius 1 is 1.38 bits per heavy atom. The molecule has 4 nitrogen and oxygen atoms in total. The number of nitrogens with one attached hydrogen (secondary N) is 2. The third-order valence-corrected chi connectivity index (χ3v) is 2.94. The van der Waals surface area contributed by atoms with Gasteiger partial charge in [-0.1, -0.05) is 12.8 Å². The van der Waals surface area contributed by atoms with Gasteiger partial charge in [-0.2, -0.15) is 0 Å². The quantitative estimate of drug-likeness (QED) is 0.652. The van der Waals surface area contributed by atoms with E-state index >= 15 is 0 Å². The van der Waals surface area contributed by atoms with Gasteiger partial charge in [-0.05, 0) is 26.7 Å². The summed E-state index contributed by atoms with van der Waals surface area (Å²) in [7, 11) is 0. The molecule has 0 radical (unpaired) electrons. The van der Waals surface area contributed by atoms with Crippen LogP contribution in [-0.4, -0.2) is 35.7 Å². The second-order valence-corrected chi connectivity index (χ2v) is 4.88. The molecule has 1 amide bonds. The summed E-state index contributed by atoms with van der Waals surface area (Å²) in [5.74, 6) is 0.0767. The van der Waals surface area contributed by atoms with Crippen LogP contribution in [0.5, 0.6) is 0 Å². The molecule has 1 aliphatic carbocycles. The minimum absolute atomic E-state index is 0.0767. The van der Waals surface area contributed by atoms with E-state index in [4.69, 9.17) is 0 Å². The van der Waals surface area contributed by atoms with Gasteiger partial charge in [-0.3, -0.25) is 4.79 Å². The van der Waals surface area contributed by atoms with Gasteiger partial charge in [0.15, 0.2) is 0 Å². The van der Waals surface area contributed by atoms with Gasteiger partial charge in [0.25, 0.3) is 0 Å². The minimum atomic E-state index is -0.234. The Bertz CT molecular complexity index is 219. The van der Waals surface area contributed by atoms with Crippen molar-refractivity contribution < 1.29 is 9.90 Å². The summed E-state index contributed by atoms with van der Waals surface area (Å²) in [6.45, 7) is 4.56. The highest BCUT2D eigenvalue weighted by atomic mass is 16.3. The summed E-state index contributed by atoms with van der Waals surface area (Å²) in [5.41, 5.74) is 0. The van der Waals surface area contributed by atoms with E-state index in [-0.39, 0.29) is 24.1 Å². The Balaban J connectivity index is 2.12. The van der Waals surface area contributed by atoms with E-state index in [9.17, 15) is 9.90 Å². The van der Waals surface area contributed by atoms with Crippen LogP contribution in [0.25, 0.3) is 0 Å². The zero-order valence-corrected chi connectivity index (χ0v) is 10.3. The molecule has 0 spiro atoms. The normalized spacial score (nSPS) is 25.8. The predicted molar refractivity (Wildman–Crippen MR) is 64.2 cm³/mol. The maximum atomic E-state index is 11.4. The lowest BCUT2D eigenvalue weighted by Crippen LogP contribution is -2.43. The Labute approximate surface area is 97.8 Å². The molecule has 0 aliphatic heterocycles. The third kappa shape index (κ3) is 4.94. The fourth-order valence-electron chi connectivity index (χ4n) is 2.11. The molecule has 16 heavy (non-hydrogen) atoms. The highest BCUT2D eigenvalue weighted by Crippen LogP contribution is 2.18. The molecule has 3 N–H and O–H groups in total.